The van der Waals surface area contributed by atoms with E-state index in [9.17, 15) is 9.59 Å². The van der Waals surface area contributed by atoms with Crippen LogP contribution >= 0.6 is 11.3 Å². The fourth-order valence-corrected chi connectivity index (χ4v) is 3.20. The molecule has 3 rings (SSSR count). The summed E-state index contributed by atoms with van der Waals surface area (Å²) in [6, 6.07) is 7.68. The van der Waals surface area contributed by atoms with Crippen molar-refractivity contribution in [2.45, 2.75) is 26.3 Å². The normalized spacial score (nSPS) is 11.9. The van der Waals surface area contributed by atoms with Gasteiger partial charge < -0.3 is 10.1 Å². The van der Waals surface area contributed by atoms with Gasteiger partial charge in [0.05, 0.1) is 10.2 Å². The SMILES string of the molecule is CC[C@H](C)NC(=O)COC(=O)c1nccnc1-c1nc2ccccc2s1. The first-order valence-electron chi connectivity index (χ1n) is 8.22. The molecule has 0 aliphatic rings. The molecule has 0 saturated carbocycles. The van der Waals surface area contributed by atoms with Crippen molar-refractivity contribution < 1.29 is 14.3 Å². The van der Waals surface area contributed by atoms with E-state index in [1.165, 1.54) is 23.7 Å². The fraction of sp³-hybridized carbons (Fsp3) is 0.278. The number of thiazole rings is 1. The molecule has 134 valence electrons. The quantitative estimate of drug-likeness (QED) is 0.671. The predicted molar refractivity (Wildman–Crippen MR) is 98.8 cm³/mol. The van der Waals surface area contributed by atoms with Crippen molar-refractivity contribution >= 4 is 33.4 Å². The Morgan fingerprint density at radius 3 is 2.77 bits per heavy atom. The number of amides is 1. The first-order chi connectivity index (χ1) is 12.6. The Labute approximate surface area is 154 Å². The van der Waals surface area contributed by atoms with Crippen molar-refractivity contribution in [2.24, 2.45) is 0 Å². The summed E-state index contributed by atoms with van der Waals surface area (Å²) in [5.74, 6) is -1.05. The molecule has 1 N–H and O–H groups in total. The monoisotopic (exact) mass is 370 g/mol. The number of benzene rings is 1. The van der Waals surface area contributed by atoms with Crippen LogP contribution in [0.2, 0.25) is 0 Å². The summed E-state index contributed by atoms with van der Waals surface area (Å²) >= 11 is 1.42. The largest absolute Gasteiger partial charge is 0.451 e. The summed E-state index contributed by atoms with van der Waals surface area (Å²) in [6.45, 7) is 3.48. The lowest BCUT2D eigenvalue weighted by Crippen LogP contribution is -2.35. The highest BCUT2D eigenvalue weighted by atomic mass is 32.1. The molecule has 2 aromatic heterocycles. The van der Waals surface area contributed by atoms with Crippen molar-refractivity contribution in [2.75, 3.05) is 6.61 Å². The summed E-state index contributed by atoms with van der Waals surface area (Å²) in [5.41, 5.74) is 1.22. The van der Waals surface area contributed by atoms with E-state index >= 15 is 0 Å². The molecule has 7 nitrogen and oxygen atoms in total. The molecule has 26 heavy (non-hydrogen) atoms. The van der Waals surface area contributed by atoms with Gasteiger partial charge in [-0.15, -0.1) is 11.3 Å². The van der Waals surface area contributed by atoms with E-state index in [4.69, 9.17) is 4.74 Å². The zero-order valence-electron chi connectivity index (χ0n) is 14.4. The number of carbonyl (C=O) groups is 2. The molecule has 8 heteroatoms. The topological polar surface area (TPSA) is 94.1 Å². The number of esters is 1. The molecule has 1 atom stereocenters. The molecule has 0 radical (unpaired) electrons. The molecule has 0 aliphatic heterocycles. The summed E-state index contributed by atoms with van der Waals surface area (Å²) in [4.78, 5) is 37.0. The van der Waals surface area contributed by atoms with Crippen molar-refractivity contribution in [1.82, 2.24) is 20.3 Å². The van der Waals surface area contributed by atoms with Crippen LogP contribution in [0.1, 0.15) is 30.8 Å². The number of nitrogens with zero attached hydrogens (tertiary/aromatic N) is 3. The van der Waals surface area contributed by atoms with Crippen LogP contribution in [-0.4, -0.2) is 39.5 Å². The molecule has 2 heterocycles. The maximum Gasteiger partial charge on any atom is 0.359 e. The van der Waals surface area contributed by atoms with Gasteiger partial charge in [0.1, 0.15) is 10.7 Å². The van der Waals surface area contributed by atoms with Crippen LogP contribution in [0.15, 0.2) is 36.7 Å². The minimum Gasteiger partial charge on any atom is -0.451 e. The number of fused-ring (bicyclic) bond motifs is 1. The maximum absolute atomic E-state index is 12.4. The zero-order valence-corrected chi connectivity index (χ0v) is 15.2. The van der Waals surface area contributed by atoms with Gasteiger partial charge in [-0.25, -0.2) is 19.7 Å². The number of hydrogen-bond acceptors (Lipinski definition) is 7. The molecule has 0 fully saturated rings. The smallest absolute Gasteiger partial charge is 0.359 e. The summed E-state index contributed by atoms with van der Waals surface area (Å²) in [7, 11) is 0. The molecule has 0 saturated heterocycles. The summed E-state index contributed by atoms with van der Waals surface area (Å²) in [6.07, 6.45) is 3.70. The van der Waals surface area contributed by atoms with E-state index in [1.807, 2.05) is 38.1 Å². The van der Waals surface area contributed by atoms with Crippen LogP contribution < -0.4 is 5.32 Å². The molecule has 0 unspecified atom stereocenters. The van der Waals surface area contributed by atoms with E-state index < -0.39 is 5.97 Å². The minimum absolute atomic E-state index is 0.0241. The minimum atomic E-state index is -0.702. The van der Waals surface area contributed by atoms with Crippen LogP contribution in [0.3, 0.4) is 0 Å². The summed E-state index contributed by atoms with van der Waals surface area (Å²) < 4.78 is 6.08. The molecule has 3 aromatic rings. The second-order valence-corrected chi connectivity index (χ2v) is 6.72. The number of carbonyl (C=O) groups excluding carboxylic acids is 2. The van der Waals surface area contributed by atoms with Gasteiger partial charge in [0, 0.05) is 18.4 Å². The van der Waals surface area contributed by atoms with Gasteiger partial charge in [-0.2, -0.15) is 0 Å². The third kappa shape index (κ3) is 4.02. The number of para-hydroxylation sites is 1. The highest BCUT2D eigenvalue weighted by molar-refractivity contribution is 7.21. The third-order valence-electron chi connectivity index (χ3n) is 3.74. The maximum atomic E-state index is 12.4. The lowest BCUT2D eigenvalue weighted by molar-refractivity contribution is -0.124. The molecule has 0 bridgehead atoms. The van der Waals surface area contributed by atoms with Gasteiger partial charge in [0.25, 0.3) is 5.91 Å². The molecule has 1 aromatic carbocycles. The first kappa shape index (κ1) is 17.9. The molecule has 0 aliphatic carbocycles. The van der Waals surface area contributed by atoms with Crippen LogP contribution in [0.25, 0.3) is 20.9 Å². The Hall–Kier alpha value is -2.87. The Morgan fingerprint density at radius 2 is 2.00 bits per heavy atom. The Balaban J connectivity index is 1.78. The average molecular weight is 370 g/mol. The molecular weight excluding hydrogens is 352 g/mol. The van der Waals surface area contributed by atoms with E-state index in [-0.39, 0.29) is 24.2 Å². The molecular formula is C18H18N4O3S. The van der Waals surface area contributed by atoms with Crippen molar-refractivity contribution in [3.05, 3.63) is 42.4 Å². The Bertz CT molecular complexity index is 908. The van der Waals surface area contributed by atoms with E-state index in [1.54, 1.807) is 0 Å². The number of hydrogen-bond donors (Lipinski definition) is 1. The van der Waals surface area contributed by atoms with Crippen molar-refractivity contribution in [1.29, 1.82) is 0 Å². The average Bonchev–Trinajstić information content (AvgIpc) is 3.10. The van der Waals surface area contributed by atoms with Crippen LogP contribution in [0, 0.1) is 0 Å². The zero-order chi connectivity index (χ0) is 18.5. The van der Waals surface area contributed by atoms with Gasteiger partial charge >= 0.3 is 5.97 Å². The predicted octanol–water partition coefficient (Wildman–Crippen LogP) is 2.82. The lowest BCUT2D eigenvalue weighted by Gasteiger charge is -2.11. The fourth-order valence-electron chi connectivity index (χ4n) is 2.24. The second kappa shape index (κ2) is 8.01. The Morgan fingerprint density at radius 1 is 1.23 bits per heavy atom. The number of aromatic nitrogens is 3. The first-order valence-corrected chi connectivity index (χ1v) is 9.03. The van der Waals surface area contributed by atoms with Crippen molar-refractivity contribution in [3.63, 3.8) is 0 Å². The lowest BCUT2D eigenvalue weighted by atomic mass is 10.2. The highest BCUT2D eigenvalue weighted by Crippen LogP contribution is 2.30. The number of nitrogens with one attached hydrogen (secondary N) is 1. The summed E-state index contributed by atoms with van der Waals surface area (Å²) in [5, 5.41) is 3.32. The second-order valence-electron chi connectivity index (χ2n) is 5.69. The molecule has 0 spiro atoms. The van der Waals surface area contributed by atoms with Crippen molar-refractivity contribution in [3.8, 4) is 10.7 Å². The van der Waals surface area contributed by atoms with Gasteiger partial charge in [-0.1, -0.05) is 19.1 Å². The van der Waals surface area contributed by atoms with Gasteiger partial charge in [0.15, 0.2) is 12.3 Å². The molecule has 1 amide bonds. The number of ether oxygens (including phenoxy) is 1. The third-order valence-corrected chi connectivity index (χ3v) is 4.79. The highest BCUT2D eigenvalue weighted by Gasteiger charge is 2.21. The van der Waals surface area contributed by atoms with Gasteiger partial charge in [0.2, 0.25) is 0 Å². The van der Waals surface area contributed by atoms with E-state index in [0.29, 0.717) is 10.7 Å². The van der Waals surface area contributed by atoms with E-state index in [0.717, 1.165) is 16.6 Å². The Kier molecular flexibility index (Phi) is 5.52. The van der Waals surface area contributed by atoms with Crippen LogP contribution in [0.4, 0.5) is 0 Å². The standard InChI is InChI=1S/C18H18N4O3S/c1-3-11(2)21-14(23)10-25-18(24)16-15(19-8-9-20-16)17-22-12-6-4-5-7-13(12)26-17/h4-9,11H,3,10H2,1-2H3,(H,21,23)/t11-/m0/s1. The van der Waals surface area contributed by atoms with Crippen LogP contribution in [0.5, 0.6) is 0 Å². The van der Waals surface area contributed by atoms with Gasteiger partial charge in [-0.3, -0.25) is 4.79 Å². The van der Waals surface area contributed by atoms with Crippen LogP contribution in [-0.2, 0) is 9.53 Å². The van der Waals surface area contributed by atoms with Gasteiger partial charge in [-0.05, 0) is 25.5 Å². The van der Waals surface area contributed by atoms with E-state index in [2.05, 4.69) is 20.3 Å². The number of rotatable bonds is 6.